The van der Waals surface area contributed by atoms with Gasteiger partial charge in [-0.15, -0.1) is 0 Å². The zero-order valence-corrected chi connectivity index (χ0v) is 16.2. The van der Waals surface area contributed by atoms with Gasteiger partial charge in [-0.05, 0) is 39.0 Å². The van der Waals surface area contributed by atoms with Crippen LogP contribution in [0, 0.1) is 11.8 Å². The van der Waals surface area contributed by atoms with E-state index < -0.39 is 0 Å². The quantitative estimate of drug-likeness (QED) is 0.757. The fourth-order valence-electron chi connectivity index (χ4n) is 4.45. The minimum atomic E-state index is -0.324. The molecule has 0 N–H and O–H groups in total. The molecule has 1 unspecified atom stereocenters. The summed E-state index contributed by atoms with van der Waals surface area (Å²) in [5.74, 6) is 1.06. The van der Waals surface area contributed by atoms with Crippen molar-refractivity contribution in [1.29, 1.82) is 0 Å². The number of carbonyl (C=O) groups excluding carboxylic acids is 2. The molecule has 0 bridgehead atoms. The van der Waals surface area contributed by atoms with E-state index in [-0.39, 0.29) is 17.7 Å². The first-order chi connectivity index (χ1) is 12.5. The third kappa shape index (κ3) is 5.00. The number of hydrogen-bond acceptors (Lipinski definition) is 4. The summed E-state index contributed by atoms with van der Waals surface area (Å²) in [5, 5.41) is 0. The highest BCUT2D eigenvalue weighted by Gasteiger charge is 2.28. The molecule has 0 aromatic carbocycles. The predicted octanol–water partition coefficient (Wildman–Crippen LogP) is 2.53. The number of hydrogen-bond donors (Lipinski definition) is 0. The number of amidine groups is 1. The standard InChI is InChI=1S/C20H32N4O2/c1-15-18(20(26)22-16(2)21-15)8-9-19(25)24-12-10-23(11-13-24)14-17-6-4-3-5-7-17/h17-18H,3-14H2,1-2H3. The SMILES string of the molecule is CC1=NC(=O)C(CCC(=O)N2CCN(CC3CCCCC3)CC2)C(C)=N1. The average Bonchev–Trinajstić information content (AvgIpc) is 2.62. The second kappa shape index (κ2) is 8.89. The number of carbonyl (C=O) groups is 2. The van der Waals surface area contributed by atoms with Crippen LogP contribution in [0.4, 0.5) is 0 Å². The Labute approximate surface area is 156 Å². The zero-order valence-electron chi connectivity index (χ0n) is 16.2. The van der Waals surface area contributed by atoms with E-state index >= 15 is 0 Å². The fourth-order valence-corrected chi connectivity index (χ4v) is 4.45. The molecule has 0 aromatic heterocycles. The molecule has 2 amide bonds. The van der Waals surface area contributed by atoms with Crippen LogP contribution in [-0.4, -0.2) is 65.9 Å². The summed E-state index contributed by atoms with van der Waals surface area (Å²) in [7, 11) is 0. The Bertz CT molecular complexity index is 585. The minimum Gasteiger partial charge on any atom is -0.340 e. The third-order valence-corrected chi connectivity index (χ3v) is 6.03. The van der Waals surface area contributed by atoms with Gasteiger partial charge in [0.15, 0.2) is 0 Å². The van der Waals surface area contributed by atoms with E-state index in [9.17, 15) is 9.59 Å². The van der Waals surface area contributed by atoms with Crippen molar-refractivity contribution in [2.75, 3.05) is 32.7 Å². The first-order valence-electron chi connectivity index (χ1n) is 10.2. The summed E-state index contributed by atoms with van der Waals surface area (Å²) in [4.78, 5) is 37.3. The molecule has 1 saturated carbocycles. The van der Waals surface area contributed by atoms with Gasteiger partial charge < -0.3 is 4.90 Å². The topological polar surface area (TPSA) is 65.3 Å². The van der Waals surface area contributed by atoms with E-state index in [0.29, 0.717) is 18.7 Å². The summed E-state index contributed by atoms with van der Waals surface area (Å²) >= 11 is 0. The Morgan fingerprint density at radius 1 is 1.04 bits per heavy atom. The molecular weight excluding hydrogens is 328 g/mol. The largest absolute Gasteiger partial charge is 0.340 e. The smallest absolute Gasteiger partial charge is 0.256 e. The highest BCUT2D eigenvalue weighted by atomic mass is 16.2. The molecule has 2 aliphatic heterocycles. The van der Waals surface area contributed by atoms with Crippen LogP contribution in [0.25, 0.3) is 0 Å². The Balaban J connectivity index is 1.40. The molecule has 0 radical (unpaired) electrons. The first-order valence-corrected chi connectivity index (χ1v) is 10.2. The molecule has 2 fully saturated rings. The number of amides is 2. The van der Waals surface area contributed by atoms with Gasteiger partial charge in [-0.2, -0.15) is 4.99 Å². The van der Waals surface area contributed by atoms with Crippen LogP contribution >= 0.6 is 0 Å². The van der Waals surface area contributed by atoms with Crippen molar-refractivity contribution >= 4 is 23.4 Å². The highest BCUT2D eigenvalue weighted by Crippen LogP contribution is 2.25. The second-order valence-electron chi connectivity index (χ2n) is 8.03. The van der Waals surface area contributed by atoms with Crippen molar-refractivity contribution in [2.24, 2.45) is 21.8 Å². The molecule has 6 heteroatoms. The summed E-state index contributed by atoms with van der Waals surface area (Å²) < 4.78 is 0. The summed E-state index contributed by atoms with van der Waals surface area (Å²) in [6, 6.07) is 0. The lowest BCUT2D eigenvalue weighted by atomic mass is 9.89. The first kappa shape index (κ1) is 19.2. The maximum Gasteiger partial charge on any atom is 0.256 e. The van der Waals surface area contributed by atoms with Gasteiger partial charge in [0.2, 0.25) is 5.91 Å². The molecular formula is C20H32N4O2. The van der Waals surface area contributed by atoms with Crippen molar-refractivity contribution in [3.8, 4) is 0 Å². The van der Waals surface area contributed by atoms with Gasteiger partial charge in [0.25, 0.3) is 5.91 Å². The van der Waals surface area contributed by atoms with Crippen molar-refractivity contribution < 1.29 is 9.59 Å². The number of piperazine rings is 1. The van der Waals surface area contributed by atoms with Gasteiger partial charge in [0.1, 0.15) is 5.84 Å². The van der Waals surface area contributed by atoms with Crippen LogP contribution in [0.2, 0.25) is 0 Å². The maximum atomic E-state index is 12.5. The van der Waals surface area contributed by atoms with E-state index in [1.165, 1.54) is 38.6 Å². The van der Waals surface area contributed by atoms with Gasteiger partial charge >= 0.3 is 0 Å². The molecule has 6 nitrogen and oxygen atoms in total. The second-order valence-corrected chi connectivity index (χ2v) is 8.03. The van der Waals surface area contributed by atoms with Crippen LogP contribution < -0.4 is 0 Å². The summed E-state index contributed by atoms with van der Waals surface area (Å²) in [6.07, 6.45) is 7.84. The van der Waals surface area contributed by atoms with Crippen molar-refractivity contribution in [3.63, 3.8) is 0 Å². The maximum absolute atomic E-state index is 12.5. The lowest BCUT2D eigenvalue weighted by molar-refractivity contribution is -0.133. The van der Waals surface area contributed by atoms with Gasteiger partial charge in [0.05, 0.1) is 5.92 Å². The Morgan fingerprint density at radius 3 is 2.38 bits per heavy atom. The van der Waals surface area contributed by atoms with E-state index in [1.54, 1.807) is 6.92 Å². The average molecular weight is 361 g/mol. The summed E-state index contributed by atoms with van der Waals surface area (Å²) in [5.41, 5.74) is 0.785. The normalized spacial score (nSPS) is 25.8. The molecule has 0 aromatic rings. The molecule has 3 rings (SSSR count). The van der Waals surface area contributed by atoms with Gasteiger partial charge in [-0.1, -0.05) is 19.3 Å². The molecule has 0 spiro atoms. The highest BCUT2D eigenvalue weighted by molar-refractivity contribution is 6.14. The lowest BCUT2D eigenvalue weighted by Crippen LogP contribution is -2.50. The van der Waals surface area contributed by atoms with Crippen LogP contribution in [0.15, 0.2) is 9.98 Å². The number of rotatable bonds is 5. The molecule has 1 aliphatic carbocycles. The molecule has 3 aliphatic rings. The number of nitrogens with zero attached hydrogens (tertiary/aromatic N) is 4. The summed E-state index contributed by atoms with van der Waals surface area (Å²) in [6.45, 7) is 8.38. The molecule has 1 atom stereocenters. The lowest BCUT2D eigenvalue weighted by Gasteiger charge is -2.37. The number of aliphatic imine (C=N–C) groups is 2. The van der Waals surface area contributed by atoms with Crippen molar-refractivity contribution in [2.45, 2.75) is 58.8 Å². The Kier molecular flexibility index (Phi) is 6.57. The van der Waals surface area contributed by atoms with E-state index in [0.717, 1.165) is 37.8 Å². The van der Waals surface area contributed by atoms with E-state index in [1.807, 2.05) is 11.8 Å². The van der Waals surface area contributed by atoms with Crippen molar-refractivity contribution in [3.05, 3.63) is 0 Å². The Hall–Kier alpha value is -1.56. The molecule has 1 saturated heterocycles. The van der Waals surface area contributed by atoms with Crippen LogP contribution in [-0.2, 0) is 9.59 Å². The van der Waals surface area contributed by atoms with Crippen LogP contribution in [0.5, 0.6) is 0 Å². The molecule has 2 heterocycles. The minimum absolute atomic E-state index is 0.153. The monoisotopic (exact) mass is 360 g/mol. The predicted molar refractivity (Wildman–Crippen MR) is 104 cm³/mol. The van der Waals surface area contributed by atoms with Crippen LogP contribution in [0.1, 0.15) is 58.8 Å². The van der Waals surface area contributed by atoms with Crippen molar-refractivity contribution in [1.82, 2.24) is 9.80 Å². The van der Waals surface area contributed by atoms with E-state index in [2.05, 4.69) is 14.9 Å². The van der Waals surface area contributed by atoms with Gasteiger partial charge in [-0.3, -0.25) is 14.5 Å². The zero-order chi connectivity index (χ0) is 18.5. The fraction of sp³-hybridized carbons (Fsp3) is 0.800. The van der Waals surface area contributed by atoms with E-state index in [4.69, 9.17) is 0 Å². The molecule has 144 valence electrons. The van der Waals surface area contributed by atoms with Gasteiger partial charge in [0, 0.05) is 44.9 Å². The Morgan fingerprint density at radius 2 is 1.73 bits per heavy atom. The third-order valence-electron chi connectivity index (χ3n) is 6.03. The van der Waals surface area contributed by atoms with Crippen LogP contribution in [0.3, 0.4) is 0 Å². The molecule has 26 heavy (non-hydrogen) atoms. The van der Waals surface area contributed by atoms with Gasteiger partial charge in [-0.25, -0.2) is 4.99 Å².